The zero-order valence-corrected chi connectivity index (χ0v) is 17.7. The molecule has 3 aromatic carbocycles. The Morgan fingerprint density at radius 1 is 0.909 bits per heavy atom. The number of hydrazine groups is 1. The minimum absolute atomic E-state index is 0.153. The first-order chi connectivity index (χ1) is 16.1. The highest BCUT2D eigenvalue weighted by atomic mass is 16.5. The molecule has 2 heterocycles. The van der Waals surface area contributed by atoms with Crippen LogP contribution in [0, 0.1) is 6.92 Å². The van der Waals surface area contributed by atoms with E-state index in [1.54, 1.807) is 12.1 Å². The largest absolute Gasteiger partial charge is 0.435 e. The van der Waals surface area contributed by atoms with Crippen LogP contribution in [0.3, 0.4) is 0 Å². The molecule has 2 aromatic heterocycles. The molecular formula is C25H20N6O2. The average Bonchev–Trinajstić information content (AvgIpc) is 2.84. The van der Waals surface area contributed by atoms with Crippen LogP contribution in [0.2, 0.25) is 0 Å². The van der Waals surface area contributed by atoms with E-state index in [1.165, 1.54) is 6.33 Å². The summed E-state index contributed by atoms with van der Waals surface area (Å²) >= 11 is 0. The van der Waals surface area contributed by atoms with E-state index in [9.17, 15) is 4.79 Å². The molecule has 0 aliphatic carbocycles. The average molecular weight is 436 g/mol. The van der Waals surface area contributed by atoms with Crippen LogP contribution in [0.5, 0.6) is 11.6 Å². The Morgan fingerprint density at radius 2 is 1.70 bits per heavy atom. The minimum atomic E-state index is -0.319. The molecule has 0 saturated carbocycles. The van der Waals surface area contributed by atoms with E-state index in [0.29, 0.717) is 16.8 Å². The number of aryl methyl sites for hydroxylation is 1. The van der Waals surface area contributed by atoms with Gasteiger partial charge < -0.3 is 10.5 Å². The molecule has 1 amide bonds. The quantitative estimate of drug-likeness (QED) is 0.344. The van der Waals surface area contributed by atoms with E-state index in [0.717, 1.165) is 21.9 Å². The maximum atomic E-state index is 12.8. The first-order valence-electron chi connectivity index (χ1n) is 10.3. The number of fused-ring (bicyclic) bond motifs is 2. The third-order valence-electron chi connectivity index (χ3n) is 5.21. The van der Waals surface area contributed by atoms with Crippen LogP contribution in [0.4, 0.5) is 11.5 Å². The van der Waals surface area contributed by atoms with Crippen molar-refractivity contribution in [3.8, 4) is 11.6 Å². The number of carbonyl (C=O) groups excluding carboxylic acids is 1. The number of aromatic nitrogens is 3. The fourth-order valence-electron chi connectivity index (χ4n) is 3.57. The van der Waals surface area contributed by atoms with E-state index in [2.05, 4.69) is 25.8 Å². The Bertz CT molecular complexity index is 1500. The molecule has 0 aliphatic rings. The van der Waals surface area contributed by atoms with Crippen LogP contribution in [0.25, 0.3) is 21.7 Å². The van der Waals surface area contributed by atoms with Gasteiger partial charge in [0, 0.05) is 16.6 Å². The van der Waals surface area contributed by atoms with Crippen LogP contribution in [0.15, 0.2) is 79.1 Å². The number of rotatable bonds is 5. The molecule has 0 unspecified atom stereocenters. The number of para-hydroxylation sites is 1. The summed E-state index contributed by atoms with van der Waals surface area (Å²) in [5.41, 5.74) is 13.9. The number of nitrogens with two attached hydrogens (primary N) is 1. The molecular weight excluding hydrogens is 416 g/mol. The molecule has 8 nitrogen and oxygen atoms in total. The Labute approximate surface area is 189 Å². The van der Waals surface area contributed by atoms with E-state index >= 15 is 0 Å². The van der Waals surface area contributed by atoms with Gasteiger partial charge in [0.1, 0.15) is 17.5 Å². The van der Waals surface area contributed by atoms with Crippen molar-refractivity contribution in [1.29, 1.82) is 0 Å². The van der Waals surface area contributed by atoms with E-state index in [1.807, 2.05) is 67.6 Å². The van der Waals surface area contributed by atoms with Gasteiger partial charge >= 0.3 is 0 Å². The number of amides is 1. The van der Waals surface area contributed by atoms with Crippen molar-refractivity contribution in [1.82, 2.24) is 20.4 Å². The van der Waals surface area contributed by atoms with Gasteiger partial charge in [-0.15, -0.1) is 0 Å². The van der Waals surface area contributed by atoms with Gasteiger partial charge in [-0.2, -0.15) is 4.98 Å². The standard InChI is InChI=1S/C25H20N6O2/c1-15-12-13-17-8-5-11-20(22(17)29-15)33-25-21(26)23(27-14-28-25)30-31-24(32)19-10-4-7-16-6-2-3-9-18(16)19/h2-14H,26H2,1H3,(H,31,32)(H,27,28,30). The summed E-state index contributed by atoms with van der Waals surface area (Å²) in [4.78, 5) is 25.6. The van der Waals surface area contributed by atoms with Crippen LogP contribution in [-0.2, 0) is 0 Å². The second-order valence-corrected chi connectivity index (χ2v) is 7.43. The zero-order valence-electron chi connectivity index (χ0n) is 17.7. The molecule has 0 aliphatic heterocycles. The molecule has 0 radical (unpaired) electrons. The zero-order chi connectivity index (χ0) is 22.8. The fraction of sp³-hybridized carbons (Fsp3) is 0.0400. The van der Waals surface area contributed by atoms with Crippen molar-refractivity contribution in [2.24, 2.45) is 0 Å². The summed E-state index contributed by atoms with van der Waals surface area (Å²) in [6.45, 7) is 1.91. The Kier molecular flexibility index (Phi) is 5.16. The third-order valence-corrected chi connectivity index (χ3v) is 5.21. The summed E-state index contributed by atoms with van der Waals surface area (Å²) in [7, 11) is 0. The second-order valence-electron chi connectivity index (χ2n) is 7.43. The first-order valence-corrected chi connectivity index (χ1v) is 10.3. The van der Waals surface area contributed by atoms with Crippen molar-refractivity contribution < 1.29 is 9.53 Å². The monoisotopic (exact) mass is 436 g/mol. The first kappa shape index (κ1) is 20.2. The van der Waals surface area contributed by atoms with Crippen molar-refractivity contribution in [3.05, 3.63) is 90.4 Å². The Morgan fingerprint density at radius 3 is 2.61 bits per heavy atom. The molecule has 0 bridgehead atoms. The van der Waals surface area contributed by atoms with Crippen molar-refractivity contribution >= 4 is 39.1 Å². The predicted octanol–water partition coefficient (Wildman–Crippen LogP) is 4.62. The summed E-state index contributed by atoms with van der Waals surface area (Å²) in [6, 6.07) is 22.7. The van der Waals surface area contributed by atoms with Gasteiger partial charge in [0.05, 0.1) is 0 Å². The smallest absolute Gasteiger partial charge is 0.270 e. The highest BCUT2D eigenvalue weighted by Crippen LogP contribution is 2.32. The molecule has 0 saturated heterocycles. The second kappa shape index (κ2) is 8.43. The summed E-state index contributed by atoms with van der Waals surface area (Å²) in [5, 5.41) is 2.76. The number of hydrogen-bond donors (Lipinski definition) is 3. The molecule has 162 valence electrons. The number of anilines is 2. The summed E-state index contributed by atoms with van der Waals surface area (Å²) < 4.78 is 5.98. The number of hydrogen-bond acceptors (Lipinski definition) is 7. The van der Waals surface area contributed by atoms with Gasteiger partial charge in [0.15, 0.2) is 11.6 Å². The lowest BCUT2D eigenvalue weighted by atomic mass is 10.0. The number of benzene rings is 3. The maximum Gasteiger partial charge on any atom is 0.270 e. The maximum absolute atomic E-state index is 12.8. The van der Waals surface area contributed by atoms with E-state index < -0.39 is 0 Å². The van der Waals surface area contributed by atoms with E-state index in [4.69, 9.17) is 10.5 Å². The number of carbonyl (C=O) groups is 1. The number of nitrogen functional groups attached to an aromatic ring is 1. The highest BCUT2D eigenvalue weighted by molar-refractivity contribution is 6.07. The minimum Gasteiger partial charge on any atom is -0.435 e. The van der Waals surface area contributed by atoms with Crippen LogP contribution >= 0.6 is 0 Å². The van der Waals surface area contributed by atoms with Crippen LogP contribution < -0.4 is 21.3 Å². The lowest BCUT2D eigenvalue weighted by Gasteiger charge is -2.14. The topological polar surface area (TPSA) is 115 Å². The van der Waals surface area contributed by atoms with Crippen LogP contribution in [0.1, 0.15) is 16.1 Å². The molecule has 0 spiro atoms. The van der Waals surface area contributed by atoms with Crippen LogP contribution in [-0.4, -0.2) is 20.9 Å². The highest BCUT2D eigenvalue weighted by Gasteiger charge is 2.15. The number of nitrogens with zero attached hydrogens (tertiary/aromatic N) is 3. The molecule has 5 aromatic rings. The Hall–Kier alpha value is -4.72. The molecule has 8 heteroatoms. The van der Waals surface area contributed by atoms with Crippen molar-refractivity contribution in [3.63, 3.8) is 0 Å². The third kappa shape index (κ3) is 3.97. The summed E-state index contributed by atoms with van der Waals surface area (Å²) in [6.07, 6.45) is 1.31. The lowest BCUT2D eigenvalue weighted by molar-refractivity contribution is 0.0964. The number of pyridine rings is 1. The number of ether oxygens (including phenoxy) is 1. The summed E-state index contributed by atoms with van der Waals surface area (Å²) in [5.74, 6) is 0.578. The normalized spacial score (nSPS) is 10.8. The lowest BCUT2D eigenvalue weighted by Crippen LogP contribution is -2.30. The van der Waals surface area contributed by atoms with Gasteiger partial charge in [-0.1, -0.05) is 54.6 Å². The van der Waals surface area contributed by atoms with Gasteiger partial charge in [-0.3, -0.25) is 15.6 Å². The number of nitrogens with one attached hydrogen (secondary N) is 2. The Balaban J connectivity index is 1.38. The fourth-order valence-corrected chi connectivity index (χ4v) is 3.57. The van der Waals surface area contributed by atoms with Gasteiger partial charge in [-0.05, 0) is 35.9 Å². The molecule has 0 fully saturated rings. The van der Waals surface area contributed by atoms with Gasteiger partial charge in [0.2, 0.25) is 5.88 Å². The SMILES string of the molecule is Cc1ccc2cccc(Oc3ncnc(NNC(=O)c4cccc5ccccc45)c3N)c2n1. The predicted molar refractivity (Wildman–Crippen MR) is 128 cm³/mol. The molecule has 5 rings (SSSR count). The van der Waals surface area contributed by atoms with Gasteiger partial charge in [-0.25, -0.2) is 9.97 Å². The van der Waals surface area contributed by atoms with E-state index in [-0.39, 0.29) is 23.3 Å². The molecule has 33 heavy (non-hydrogen) atoms. The molecule has 4 N–H and O–H groups in total. The van der Waals surface area contributed by atoms with Crippen molar-refractivity contribution in [2.75, 3.05) is 11.2 Å². The molecule has 0 atom stereocenters. The van der Waals surface area contributed by atoms with Crippen molar-refractivity contribution in [2.45, 2.75) is 6.92 Å². The van der Waals surface area contributed by atoms with Gasteiger partial charge in [0.25, 0.3) is 5.91 Å².